The smallest absolute Gasteiger partial charge is 0.213 e. The number of fused-ring (bicyclic) bond motifs is 1. The zero-order valence-corrected chi connectivity index (χ0v) is 11.4. The second-order valence-electron chi connectivity index (χ2n) is 4.79. The number of benzene rings is 2. The lowest BCUT2D eigenvalue weighted by molar-refractivity contribution is 0.103. The summed E-state index contributed by atoms with van der Waals surface area (Å²) in [6.07, 6.45) is 0. The molecule has 3 aromatic rings. The number of aromatic nitrogens is 2. The van der Waals surface area contributed by atoms with Crippen molar-refractivity contribution in [2.45, 2.75) is 13.8 Å². The van der Waals surface area contributed by atoms with Crippen LogP contribution < -0.4 is 0 Å². The summed E-state index contributed by atoms with van der Waals surface area (Å²) in [5.74, 6) is -0.0705. The van der Waals surface area contributed by atoms with E-state index in [1.807, 2.05) is 62.4 Å². The fourth-order valence-electron chi connectivity index (χ4n) is 2.26. The predicted octanol–water partition coefficient (Wildman–Crippen LogP) is 3.48. The molecule has 0 aliphatic rings. The van der Waals surface area contributed by atoms with Gasteiger partial charge in [0.1, 0.15) is 5.69 Å². The number of aryl methyl sites for hydroxylation is 2. The van der Waals surface area contributed by atoms with Crippen LogP contribution in [0.5, 0.6) is 0 Å². The third-order valence-corrected chi connectivity index (χ3v) is 3.35. The van der Waals surface area contributed by atoms with Crippen LogP contribution in [0.2, 0.25) is 0 Å². The molecule has 0 spiro atoms. The molecule has 20 heavy (non-hydrogen) atoms. The second-order valence-corrected chi connectivity index (χ2v) is 4.79. The largest absolute Gasteiger partial charge is 0.287 e. The maximum Gasteiger partial charge on any atom is 0.213 e. The monoisotopic (exact) mass is 262 g/mol. The molecule has 0 bridgehead atoms. The lowest BCUT2D eigenvalue weighted by Crippen LogP contribution is -2.09. The summed E-state index contributed by atoms with van der Waals surface area (Å²) in [4.78, 5) is 21.6. The van der Waals surface area contributed by atoms with E-state index >= 15 is 0 Å². The molecule has 1 aromatic heterocycles. The van der Waals surface area contributed by atoms with Gasteiger partial charge < -0.3 is 0 Å². The maximum absolute atomic E-state index is 12.6. The van der Waals surface area contributed by atoms with Gasteiger partial charge in [-0.25, -0.2) is 9.97 Å². The Labute approximate surface area is 117 Å². The highest BCUT2D eigenvalue weighted by molar-refractivity contribution is 6.09. The second kappa shape index (κ2) is 4.85. The molecule has 0 fully saturated rings. The van der Waals surface area contributed by atoms with Crippen molar-refractivity contribution >= 4 is 16.8 Å². The van der Waals surface area contributed by atoms with E-state index in [1.165, 1.54) is 0 Å². The normalized spacial score (nSPS) is 10.7. The van der Waals surface area contributed by atoms with Crippen molar-refractivity contribution < 1.29 is 4.79 Å². The highest BCUT2D eigenvalue weighted by Crippen LogP contribution is 2.17. The average molecular weight is 262 g/mol. The van der Waals surface area contributed by atoms with Crippen LogP contribution in [0.25, 0.3) is 11.0 Å². The van der Waals surface area contributed by atoms with Crippen molar-refractivity contribution in [3.8, 4) is 0 Å². The van der Waals surface area contributed by atoms with Crippen molar-refractivity contribution in [1.29, 1.82) is 0 Å². The lowest BCUT2D eigenvalue weighted by atomic mass is 10.0. The van der Waals surface area contributed by atoms with Gasteiger partial charge in [-0.05, 0) is 31.5 Å². The zero-order valence-electron chi connectivity index (χ0n) is 11.4. The molecule has 0 aliphatic heterocycles. The fraction of sp³-hybridized carbons (Fsp3) is 0.118. The van der Waals surface area contributed by atoms with Gasteiger partial charge in [-0.1, -0.05) is 36.4 Å². The number of carbonyl (C=O) groups is 1. The molecule has 98 valence electrons. The number of hydrogen-bond donors (Lipinski definition) is 0. The number of rotatable bonds is 2. The van der Waals surface area contributed by atoms with E-state index in [2.05, 4.69) is 9.97 Å². The van der Waals surface area contributed by atoms with E-state index in [-0.39, 0.29) is 5.78 Å². The molecule has 0 aliphatic carbocycles. The lowest BCUT2D eigenvalue weighted by Gasteiger charge is -2.07. The van der Waals surface area contributed by atoms with Gasteiger partial charge in [0.2, 0.25) is 5.78 Å². The van der Waals surface area contributed by atoms with Gasteiger partial charge in [0.05, 0.1) is 16.7 Å². The minimum Gasteiger partial charge on any atom is -0.287 e. The molecule has 0 saturated carbocycles. The van der Waals surface area contributed by atoms with E-state index in [4.69, 9.17) is 0 Å². The van der Waals surface area contributed by atoms with Gasteiger partial charge in [-0.15, -0.1) is 0 Å². The van der Waals surface area contributed by atoms with E-state index in [9.17, 15) is 4.79 Å². The first kappa shape index (κ1) is 12.5. The van der Waals surface area contributed by atoms with Crippen LogP contribution in [0.15, 0.2) is 48.5 Å². The van der Waals surface area contributed by atoms with Crippen LogP contribution in [0.1, 0.15) is 27.3 Å². The van der Waals surface area contributed by atoms with Gasteiger partial charge in [0, 0.05) is 5.56 Å². The summed E-state index contributed by atoms with van der Waals surface area (Å²) >= 11 is 0. The predicted molar refractivity (Wildman–Crippen MR) is 78.9 cm³/mol. The molecule has 0 atom stereocenters. The van der Waals surface area contributed by atoms with E-state index in [0.717, 1.165) is 16.6 Å². The molecule has 1 heterocycles. The summed E-state index contributed by atoms with van der Waals surface area (Å²) in [6.45, 7) is 3.75. The van der Waals surface area contributed by atoms with Gasteiger partial charge >= 0.3 is 0 Å². The highest BCUT2D eigenvalue weighted by Gasteiger charge is 2.16. The number of para-hydroxylation sites is 2. The van der Waals surface area contributed by atoms with Crippen molar-refractivity contribution in [3.05, 3.63) is 71.0 Å². The van der Waals surface area contributed by atoms with E-state index in [1.54, 1.807) is 0 Å². The summed E-state index contributed by atoms with van der Waals surface area (Å²) in [5, 5.41) is 0. The summed E-state index contributed by atoms with van der Waals surface area (Å²) < 4.78 is 0. The molecule has 0 radical (unpaired) electrons. The Morgan fingerprint density at radius 3 is 2.15 bits per heavy atom. The quantitative estimate of drug-likeness (QED) is 0.664. The first-order valence-corrected chi connectivity index (χ1v) is 6.50. The molecular weight excluding hydrogens is 248 g/mol. The molecule has 3 rings (SSSR count). The first-order chi connectivity index (χ1) is 9.66. The first-order valence-electron chi connectivity index (χ1n) is 6.50. The van der Waals surface area contributed by atoms with Crippen LogP contribution in [-0.4, -0.2) is 15.8 Å². The van der Waals surface area contributed by atoms with Crippen molar-refractivity contribution in [2.75, 3.05) is 0 Å². The average Bonchev–Trinajstić information content (AvgIpc) is 2.46. The third-order valence-electron chi connectivity index (χ3n) is 3.35. The number of hydrogen-bond acceptors (Lipinski definition) is 3. The summed E-state index contributed by atoms with van der Waals surface area (Å²) in [7, 11) is 0. The Kier molecular flexibility index (Phi) is 3.03. The van der Waals surface area contributed by atoms with Crippen molar-refractivity contribution in [1.82, 2.24) is 9.97 Å². The van der Waals surface area contributed by atoms with Crippen LogP contribution in [0.3, 0.4) is 0 Å². The van der Waals surface area contributed by atoms with Crippen LogP contribution in [-0.2, 0) is 0 Å². The molecule has 2 aromatic carbocycles. The standard InChI is InChI=1S/C17H14N2O/c1-11-7-3-4-8-13(11)17(20)16-12(2)18-14-9-5-6-10-15(14)19-16/h3-10H,1-2H3. The van der Waals surface area contributed by atoms with Gasteiger partial charge in [-0.3, -0.25) is 4.79 Å². The molecule has 0 unspecified atom stereocenters. The van der Waals surface area contributed by atoms with E-state index < -0.39 is 0 Å². The fourth-order valence-corrected chi connectivity index (χ4v) is 2.26. The topological polar surface area (TPSA) is 42.9 Å². The molecule has 0 saturated heterocycles. The Hall–Kier alpha value is -2.55. The Bertz CT molecular complexity index is 809. The summed E-state index contributed by atoms with van der Waals surface area (Å²) in [5.41, 5.74) is 4.28. The van der Waals surface area contributed by atoms with Crippen molar-refractivity contribution in [3.63, 3.8) is 0 Å². The Balaban J connectivity index is 2.17. The highest BCUT2D eigenvalue weighted by atomic mass is 16.1. The Morgan fingerprint density at radius 2 is 1.45 bits per heavy atom. The van der Waals surface area contributed by atoms with Crippen LogP contribution in [0.4, 0.5) is 0 Å². The SMILES string of the molecule is Cc1ccccc1C(=O)c1nc2ccccc2nc1C. The minimum absolute atomic E-state index is 0.0705. The van der Waals surface area contributed by atoms with E-state index in [0.29, 0.717) is 17.0 Å². The molecule has 3 nitrogen and oxygen atoms in total. The summed E-state index contributed by atoms with van der Waals surface area (Å²) in [6, 6.07) is 15.1. The van der Waals surface area contributed by atoms with Gasteiger partial charge in [0.15, 0.2) is 0 Å². The molecule has 3 heteroatoms. The third kappa shape index (κ3) is 2.07. The number of ketones is 1. The minimum atomic E-state index is -0.0705. The van der Waals surface area contributed by atoms with Crippen LogP contribution >= 0.6 is 0 Å². The van der Waals surface area contributed by atoms with Crippen molar-refractivity contribution in [2.24, 2.45) is 0 Å². The van der Waals surface area contributed by atoms with Crippen LogP contribution in [0, 0.1) is 13.8 Å². The zero-order chi connectivity index (χ0) is 14.1. The molecule has 0 amide bonds. The Morgan fingerprint density at radius 1 is 0.850 bits per heavy atom. The number of nitrogens with zero attached hydrogens (tertiary/aromatic N) is 2. The molecule has 0 N–H and O–H groups in total. The maximum atomic E-state index is 12.6. The van der Waals surface area contributed by atoms with Gasteiger partial charge in [0.25, 0.3) is 0 Å². The molecular formula is C17H14N2O. The van der Waals surface area contributed by atoms with Gasteiger partial charge in [-0.2, -0.15) is 0 Å². The number of carbonyl (C=O) groups excluding carboxylic acids is 1.